The second kappa shape index (κ2) is 8.05. The molecule has 0 bridgehead atoms. The molecule has 0 aliphatic heterocycles. The number of primary amides is 1. The maximum atomic E-state index is 11.5. The van der Waals surface area contributed by atoms with Gasteiger partial charge in [-0.15, -0.1) is 0 Å². The van der Waals surface area contributed by atoms with Crippen LogP contribution < -0.4 is 15.2 Å². The van der Waals surface area contributed by atoms with E-state index in [4.69, 9.17) is 26.8 Å². The van der Waals surface area contributed by atoms with Gasteiger partial charge in [-0.25, -0.2) is 4.98 Å². The molecular formula is C20H18ClN3O3. The number of nitrogens with two attached hydrogens (primary N) is 1. The Hall–Kier alpha value is -3.12. The number of carbonyl (C=O) groups excluding carboxylic acids is 1. The number of pyridine rings is 2. The van der Waals surface area contributed by atoms with Gasteiger partial charge in [0, 0.05) is 29.5 Å². The van der Waals surface area contributed by atoms with Crippen LogP contribution >= 0.6 is 11.6 Å². The van der Waals surface area contributed by atoms with Crippen molar-refractivity contribution in [3.63, 3.8) is 0 Å². The number of amides is 1. The Morgan fingerprint density at radius 2 is 1.96 bits per heavy atom. The highest BCUT2D eigenvalue weighted by atomic mass is 35.5. The molecule has 0 aliphatic rings. The van der Waals surface area contributed by atoms with E-state index in [-0.39, 0.29) is 0 Å². The van der Waals surface area contributed by atoms with Crippen LogP contribution in [0.2, 0.25) is 5.02 Å². The summed E-state index contributed by atoms with van der Waals surface area (Å²) in [5.74, 6) is 0.963. The third-order valence-electron chi connectivity index (χ3n) is 3.99. The van der Waals surface area contributed by atoms with Gasteiger partial charge < -0.3 is 15.2 Å². The summed E-state index contributed by atoms with van der Waals surface area (Å²) in [5, 5.41) is 0.360. The quantitative estimate of drug-likeness (QED) is 0.687. The van der Waals surface area contributed by atoms with Gasteiger partial charge in [0.15, 0.2) is 0 Å². The highest BCUT2D eigenvalue weighted by Crippen LogP contribution is 2.30. The molecule has 7 heteroatoms. The molecule has 0 fully saturated rings. The van der Waals surface area contributed by atoms with Gasteiger partial charge in [-0.3, -0.25) is 9.78 Å². The Morgan fingerprint density at radius 3 is 2.63 bits per heavy atom. The summed E-state index contributed by atoms with van der Waals surface area (Å²) in [6, 6.07) is 10.6. The first kappa shape index (κ1) is 18.7. The Labute approximate surface area is 161 Å². The van der Waals surface area contributed by atoms with Crippen molar-refractivity contribution in [3.8, 4) is 28.6 Å². The van der Waals surface area contributed by atoms with Crippen molar-refractivity contribution in [3.05, 3.63) is 64.9 Å². The average molecular weight is 384 g/mol. The van der Waals surface area contributed by atoms with E-state index in [0.717, 1.165) is 11.1 Å². The standard InChI is InChI=1S/C20H18ClN3O3/c1-3-12-8-13(4-5-16(12)19(22)25)18-10-14(6-7-23-18)27-15-9-17(21)20(26-2)24-11-15/h4-11H,3H2,1-2H3,(H2,22,25). The highest BCUT2D eigenvalue weighted by molar-refractivity contribution is 6.31. The zero-order valence-corrected chi connectivity index (χ0v) is 15.7. The van der Waals surface area contributed by atoms with Gasteiger partial charge in [0.1, 0.15) is 16.5 Å². The minimum Gasteiger partial charge on any atom is -0.480 e. The summed E-state index contributed by atoms with van der Waals surface area (Å²) >= 11 is 6.08. The molecule has 0 radical (unpaired) electrons. The number of benzene rings is 1. The maximum Gasteiger partial charge on any atom is 0.248 e. The van der Waals surface area contributed by atoms with E-state index in [1.54, 1.807) is 30.5 Å². The average Bonchev–Trinajstić information content (AvgIpc) is 2.67. The van der Waals surface area contributed by atoms with Gasteiger partial charge in [0.25, 0.3) is 0 Å². The molecule has 0 saturated heterocycles. The number of hydrogen-bond donors (Lipinski definition) is 1. The first-order valence-electron chi connectivity index (χ1n) is 8.28. The number of ether oxygens (including phenoxy) is 2. The van der Waals surface area contributed by atoms with Crippen LogP contribution in [0.1, 0.15) is 22.8 Å². The van der Waals surface area contributed by atoms with Gasteiger partial charge in [-0.1, -0.05) is 24.6 Å². The van der Waals surface area contributed by atoms with Gasteiger partial charge in [-0.05, 0) is 30.2 Å². The van der Waals surface area contributed by atoms with Crippen molar-refractivity contribution in [1.29, 1.82) is 0 Å². The lowest BCUT2D eigenvalue weighted by atomic mass is 9.99. The lowest BCUT2D eigenvalue weighted by molar-refractivity contribution is 0.0999. The Morgan fingerprint density at radius 1 is 1.15 bits per heavy atom. The van der Waals surface area contributed by atoms with E-state index in [1.165, 1.54) is 13.3 Å². The fraction of sp³-hybridized carbons (Fsp3) is 0.150. The second-order valence-corrected chi connectivity index (χ2v) is 6.14. The largest absolute Gasteiger partial charge is 0.480 e. The zero-order chi connectivity index (χ0) is 19.4. The molecular weight excluding hydrogens is 366 g/mol. The Balaban J connectivity index is 1.89. The molecule has 0 saturated carbocycles. The molecule has 0 aliphatic carbocycles. The summed E-state index contributed by atoms with van der Waals surface area (Å²) in [5.41, 5.74) is 8.40. The molecule has 3 rings (SSSR count). The lowest BCUT2D eigenvalue weighted by Gasteiger charge is -2.10. The van der Waals surface area contributed by atoms with E-state index in [9.17, 15) is 4.79 Å². The van der Waals surface area contributed by atoms with Crippen LogP contribution in [-0.4, -0.2) is 23.0 Å². The molecule has 138 valence electrons. The van der Waals surface area contributed by atoms with Crippen LogP contribution in [0.25, 0.3) is 11.3 Å². The summed E-state index contributed by atoms with van der Waals surface area (Å²) in [6.45, 7) is 1.97. The van der Waals surface area contributed by atoms with Crippen molar-refractivity contribution in [2.45, 2.75) is 13.3 Å². The molecule has 0 unspecified atom stereocenters. The number of rotatable bonds is 6. The molecule has 3 aromatic rings. The monoisotopic (exact) mass is 383 g/mol. The van der Waals surface area contributed by atoms with Gasteiger partial charge in [-0.2, -0.15) is 0 Å². The summed E-state index contributed by atoms with van der Waals surface area (Å²) in [6.07, 6.45) is 3.87. The van der Waals surface area contributed by atoms with E-state index in [1.807, 2.05) is 19.1 Å². The van der Waals surface area contributed by atoms with E-state index >= 15 is 0 Å². The predicted molar refractivity (Wildman–Crippen MR) is 103 cm³/mol. The van der Waals surface area contributed by atoms with Crippen molar-refractivity contribution in [1.82, 2.24) is 9.97 Å². The van der Waals surface area contributed by atoms with Crippen LogP contribution in [0.3, 0.4) is 0 Å². The van der Waals surface area contributed by atoms with Crippen LogP contribution in [0.5, 0.6) is 17.4 Å². The summed E-state index contributed by atoms with van der Waals surface area (Å²) in [7, 11) is 1.50. The normalized spacial score (nSPS) is 10.5. The second-order valence-electron chi connectivity index (χ2n) is 5.73. The molecule has 6 nitrogen and oxygen atoms in total. The first-order chi connectivity index (χ1) is 13.0. The zero-order valence-electron chi connectivity index (χ0n) is 14.9. The fourth-order valence-electron chi connectivity index (χ4n) is 2.67. The number of aromatic nitrogens is 2. The topological polar surface area (TPSA) is 87.3 Å². The Kier molecular flexibility index (Phi) is 5.57. The van der Waals surface area contributed by atoms with Crippen molar-refractivity contribution >= 4 is 17.5 Å². The third-order valence-corrected chi connectivity index (χ3v) is 4.26. The molecule has 1 amide bonds. The molecule has 0 atom stereocenters. The molecule has 27 heavy (non-hydrogen) atoms. The number of methoxy groups -OCH3 is 1. The highest BCUT2D eigenvalue weighted by Gasteiger charge is 2.11. The molecule has 2 N–H and O–H groups in total. The van der Waals surface area contributed by atoms with Crippen molar-refractivity contribution in [2.75, 3.05) is 7.11 Å². The maximum absolute atomic E-state index is 11.5. The smallest absolute Gasteiger partial charge is 0.248 e. The number of aryl methyl sites for hydroxylation is 1. The van der Waals surface area contributed by atoms with Gasteiger partial charge in [0.2, 0.25) is 11.8 Å². The minimum atomic E-state index is -0.438. The van der Waals surface area contributed by atoms with E-state index in [0.29, 0.717) is 40.1 Å². The molecule has 0 spiro atoms. The van der Waals surface area contributed by atoms with E-state index in [2.05, 4.69) is 9.97 Å². The Bertz CT molecular complexity index is 992. The van der Waals surface area contributed by atoms with Crippen molar-refractivity contribution < 1.29 is 14.3 Å². The number of carbonyl (C=O) groups is 1. The molecule has 2 aromatic heterocycles. The minimum absolute atomic E-state index is 0.334. The molecule has 1 aromatic carbocycles. The fourth-order valence-corrected chi connectivity index (χ4v) is 2.90. The van der Waals surface area contributed by atoms with Gasteiger partial charge >= 0.3 is 0 Å². The van der Waals surface area contributed by atoms with Crippen LogP contribution in [0.4, 0.5) is 0 Å². The lowest BCUT2D eigenvalue weighted by Crippen LogP contribution is -2.13. The van der Waals surface area contributed by atoms with Crippen molar-refractivity contribution in [2.24, 2.45) is 5.73 Å². The number of nitrogens with zero attached hydrogens (tertiary/aromatic N) is 2. The van der Waals surface area contributed by atoms with Crippen LogP contribution in [0, 0.1) is 0 Å². The van der Waals surface area contributed by atoms with Crippen LogP contribution in [-0.2, 0) is 6.42 Å². The number of hydrogen-bond acceptors (Lipinski definition) is 5. The van der Waals surface area contributed by atoms with Crippen LogP contribution in [0.15, 0.2) is 48.8 Å². The first-order valence-corrected chi connectivity index (χ1v) is 8.66. The summed E-state index contributed by atoms with van der Waals surface area (Å²) < 4.78 is 10.9. The summed E-state index contributed by atoms with van der Waals surface area (Å²) in [4.78, 5) is 20.0. The van der Waals surface area contributed by atoms with E-state index < -0.39 is 5.91 Å². The predicted octanol–water partition coefficient (Wildman–Crippen LogP) is 4.26. The number of halogens is 1. The SMILES string of the molecule is CCc1cc(-c2cc(Oc3cnc(OC)c(Cl)c3)ccn2)ccc1C(N)=O. The van der Waals surface area contributed by atoms with Gasteiger partial charge in [0.05, 0.1) is 19.0 Å². The molecule has 2 heterocycles. The third kappa shape index (κ3) is 4.17.